The van der Waals surface area contributed by atoms with Crippen molar-refractivity contribution >= 4 is 17.4 Å². The zero-order valence-electron chi connectivity index (χ0n) is 11.8. The maximum absolute atomic E-state index is 12.5. The number of para-hydroxylation sites is 2. The van der Waals surface area contributed by atoms with E-state index in [9.17, 15) is 4.79 Å². The van der Waals surface area contributed by atoms with E-state index in [1.807, 2.05) is 53.4 Å². The largest absolute Gasteiger partial charge is 0.330 e. The first-order valence-electron chi connectivity index (χ1n) is 7.22. The lowest BCUT2D eigenvalue weighted by Crippen LogP contribution is -2.34. The Balaban J connectivity index is 1.81. The van der Waals surface area contributed by atoms with Crippen LogP contribution in [0.25, 0.3) is 0 Å². The van der Waals surface area contributed by atoms with Gasteiger partial charge in [0.25, 0.3) is 0 Å². The Hall–Kier alpha value is -2.33. The van der Waals surface area contributed by atoms with E-state index < -0.39 is 0 Å². The Bertz CT molecular complexity index is 627. The summed E-state index contributed by atoms with van der Waals surface area (Å²) in [5.74, 6) is 0.327. The molecule has 4 heteroatoms. The number of rotatable bonds is 3. The van der Waals surface area contributed by atoms with E-state index in [-0.39, 0.29) is 6.03 Å². The van der Waals surface area contributed by atoms with Crippen LogP contribution in [0.5, 0.6) is 0 Å². The molecule has 0 saturated heterocycles. The van der Waals surface area contributed by atoms with Crippen LogP contribution in [0.1, 0.15) is 17.9 Å². The molecule has 0 radical (unpaired) electrons. The Morgan fingerprint density at radius 1 is 1.14 bits per heavy atom. The van der Waals surface area contributed by atoms with Gasteiger partial charge in [0, 0.05) is 23.8 Å². The van der Waals surface area contributed by atoms with Gasteiger partial charge in [-0.3, -0.25) is 4.90 Å². The van der Waals surface area contributed by atoms with Crippen molar-refractivity contribution in [1.29, 1.82) is 0 Å². The molecule has 1 aliphatic heterocycles. The predicted molar refractivity (Wildman–Crippen MR) is 85.7 cm³/mol. The summed E-state index contributed by atoms with van der Waals surface area (Å²) in [7, 11) is 0. The highest BCUT2D eigenvalue weighted by Gasteiger charge is 2.31. The number of urea groups is 1. The summed E-state index contributed by atoms with van der Waals surface area (Å²) < 4.78 is 0. The highest BCUT2D eigenvalue weighted by Crippen LogP contribution is 2.37. The van der Waals surface area contributed by atoms with Gasteiger partial charge in [-0.15, -0.1) is 0 Å². The Kier molecular flexibility index (Phi) is 3.88. The van der Waals surface area contributed by atoms with Crippen LogP contribution in [-0.2, 0) is 0 Å². The third kappa shape index (κ3) is 2.76. The number of hydrogen-bond donors (Lipinski definition) is 2. The van der Waals surface area contributed by atoms with Crippen molar-refractivity contribution in [2.45, 2.75) is 12.3 Å². The molecule has 0 spiro atoms. The summed E-state index contributed by atoms with van der Waals surface area (Å²) in [6.07, 6.45) is 0.895. The second-order valence-electron chi connectivity index (χ2n) is 5.24. The molecule has 1 heterocycles. The van der Waals surface area contributed by atoms with Crippen LogP contribution < -0.4 is 16.0 Å². The summed E-state index contributed by atoms with van der Waals surface area (Å²) in [5.41, 5.74) is 8.70. The van der Waals surface area contributed by atoms with Gasteiger partial charge >= 0.3 is 6.03 Å². The molecule has 3 rings (SSSR count). The minimum absolute atomic E-state index is 0.0897. The van der Waals surface area contributed by atoms with Crippen molar-refractivity contribution in [3.8, 4) is 0 Å². The normalized spacial score (nSPS) is 16.6. The predicted octanol–water partition coefficient (Wildman–Crippen LogP) is 3.17. The molecule has 0 bridgehead atoms. The van der Waals surface area contributed by atoms with E-state index in [4.69, 9.17) is 5.73 Å². The number of nitrogens with two attached hydrogens (primary N) is 1. The van der Waals surface area contributed by atoms with Gasteiger partial charge in [-0.1, -0.05) is 36.4 Å². The Morgan fingerprint density at radius 3 is 2.62 bits per heavy atom. The fourth-order valence-corrected chi connectivity index (χ4v) is 2.85. The number of nitrogens with one attached hydrogen (secondary N) is 1. The third-order valence-corrected chi connectivity index (χ3v) is 3.86. The molecule has 1 aliphatic rings. The second-order valence-corrected chi connectivity index (χ2v) is 5.24. The molecule has 4 nitrogen and oxygen atoms in total. The van der Waals surface area contributed by atoms with Gasteiger partial charge < -0.3 is 11.1 Å². The molecular formula is C17H19N3O. The molecule has 108 valence electrons. The number of anilines is 2. The quantitative estimate of drug-likeness (QED) is 0.908. The van der Waals surface area contributed by atoms with Gasteiger partial charge in [-0.2, -0.15) is 0 Å². The highest BCUT2D eigenvalue weighted by molar-refractivity contribution is 6.03. The second kappa shape index (κ2) is 5.97. The van der Waals surface area contributed by atoms with E-state index in [2.05, 4.69) is 11.4 Å². The molecule has 2 amide bonds. The van der Waals surface area contributed by atoms with E-state index in [1.165, 1.54) is 5.56 Å². The van der Waals surface area contributed by atoms with Gasteiger partial charge in [-0.05, 0) is 36.7 Å². The monoisotopic (exact) mass is 281 g/mol. The molecule has 1 atom stereocenters. The summed E-state index contributed by atoms with van der Waals surface area (Å²) in [5, 5.41) is 2.94. The lowest BCUT2D eigenvalue weighted by atomic mass is 9.98. The average Bonchev–Trinajstić information content (AvgIpc) is 2.88. The zero-order chi connectivity index (χ0) is 14.7. The summed E-state index contributed by atoms with van der Waals surface area (Å²) in [6, 6.07) is 17.5. The first kappa shape index (κ1) is 13.6. The average molecular weight is 281 g/mol. The van der Waals surface area contributed by atoms with Crippen LogP contribution in [-0.4, -0.2) is 19.1 Å². The number of amides is 2. The molecule has 2 aromatic rings. The maximum Gasteiger partial charge on any atom is 0.326 e. The molecule has 2 aromatic carbocycles. The van der Waals surface area contributed by atoms with Crippen molar-refractivity contribution in [1.82, 2.24) is 0 Å². The van der Waals surface area contributed by atoms with Gasteiger partial charge in [0.1, 0.15) is 0 Å². The standard InChI is InChI=1S/C17H19N3O/c18-11-10-13-12-20(16-9-5-4-8-15(13)16)17(21)19-14-6-2-1-3-7-14/h1-9,13H,10-12,18H2,(H,19,21). The molecule has 0 fully saturated rings. The van der Waals surface area contributed by atoms with Crippen LogP contribution in [0, 0.1) is 0 Å². The first-order valence-corrected chi connectivity index (χ1v) is 7.22. The lowest BCUT2D eigenvalue weighted by Gasteiger charge is -2.18. The highest BCUT2D eigenvalue weighted by atomic mass is 16.2. The fourth-order valence-electron chi connectivity index (χ4n) is 2.85. The number of benzene rings is 2. The van der Waals surface area contributed by atoms with Crippen molar-refractivity contribution in [3.63, 3.8) is 0 Å². The smallest absolute Gasteiger partial charge is 0.326 e. The molecule has 0 saturated carbocycles. The van der Waals surface area contributed by atoms with Crippen molar-refractivity contribution in [2.24, 2.45) is 5.73 Å². The van der Waals surface area contributed by atoms with Crippen LogP contribution in [0.15, 0.2) is 54.6 Å². The summed E-state index contributed by atoms with van der Waals surface area (Å²) >= 11 is 0. The lowest BCUT2D eigenvalue weighted by molar-refractivity contribution is 0.257. The van der Waals surface area contributed by atoms with Crippen LogP contribution in [0.2, 0.25) is 0 Å². The zero-order valence-corrected chi connectivity index (χ0v) is 11.8. The van der Waals surface area contributed by atoms with Gasteiger partial charge in [0.05, 0.1) is 0 Å². The molecule has 21 heavy (non-hydrogen) atoms. The van der Waals surface area contributed by atoms with Gasteiger partial charge in [-0.25, -0.2) is 4.79 Å². The first-order chi connectivity index (χ1) is 10.3. The van der Waals surface area contributed by atoms with Crippen LogP contribution >= 0.6 is 0 Å². The number of nitrogens with zero attached hydrogens (tertiary/aromatic N) is 1. The Morgan fingerprint density at radius 2 is 1.86 bits per heavy atom. The van der Waals surface area contributed by atoms with E-state index in [0.717, 1.165) is 17.8 Å². The number of fused-ring (bicyclic) bond motifs is 1. The van der Waals surface area contributed by atoms with E-state index in [0.29, 0.717) is 19.0 Å². The number of hydrogen-bond acceptors (Lipinski definition) is 2. The van der Waals surface area contributed by atoms with E-state index >= 15 is 0 Å². The van der Waals surface area contributed by atoms with Crippen LogP contribution in [0.3, 0.4) is 0 Å². The molecular weight excluding hydrogens is 262 g/mol. The Labute approximate surface area is 124 Å². The molecule has 0 aromatic heterocycles. The minimum atomic E-state index is -0.0897. The SMILES string of the molecule is NCCC1CN(C(=O)Nc2ccccc2)c2ccccc21. The number of carbonyl (C=O) groups excluding carboxylic acids is 1. The maximum atomic E-state index is 12.5. The van der Waals surface area contributed by atoms with Crippen molar-refractivity contribution in [3.05, 3.63) is 60.2 Å². The third-order valence-electron chi connectivity index (χ3n) is 3.86. The van der Waals surface area contributed by atoms with E-state index in [1.54, 1.807) is 0 Å². The molecule has 1 unspecified atom stereocenters. The van der Waals surface area contributed by atoms with Gasteiger partial charge in [0.15, 0.2) is 0 Å². The summed E-state index contributed by atoms with van der Waals surface area (Å²) in [6.45, 7) is 1.32. The molecule has 3 N–H and O–H groups in total. The summed E-state index contributed by atoms with van der Waals surface area (Å²) in [4.78, 5) is 14.3. The number of carbonyl (C=O) groups is 1. The van der Waals surface area contributed by atoms with Crippen molar-refractivity contribution in [2.75, 3.05) is 23.3 Å². The minimum Gasteiger partial charge on any atom is -0.330 e. The topological polar surface area (TPSA) is 58.4 Å². The van der Waals surface area contributed by atoms with Gasteiger partial charge in [0.2, 0.25) is 0 Å². The fraction of sp³-hybridized carbons (Fsp3) is 0.235. The molecule has 0 aliphatic carbocycles. The van der Waals surface area contributed by atoms with Crippen LogP contribution in [0.4, 0.5) is 16.2 Å². The van der Waals surface area contributed by atoms with Crippen molar-refractivity contribution < 1.29 is 4.79 Å².